The Labute approximate surface area is 242 Å². The van der Waals surface area contributed by atoms with Gasteiger partial charge in [-0.3, -0.25) is 18.9 Å². The molecule has 3 heterocycles. The number of aromatic amines is 1. The topological polar surface area (TPSA) is 142 Å². The van der Waals surface area contributed by atoms with E-state index >= 15 is 0 Å². The highest BCUT2D eigenvalue weighted by molar-refractivity contribution is 5.80. The second-order valence-corrected chi connectivity index (χ2v) is 10.7. The predicted octanol–water partition coefficient (Wildman–Crippen LogP) is 4.81. The molecule has 3 aromatic heterocycles. The summed E-state index contributed by atoms with van der Waals surface area (Å²) in [5, 5.41) is 7.90. The SMILES string of the molecule is CCCCc1nc(C)c(Cc2nc(C(C)(C)OC)no2)c(=O)n1Cc1ccc(-c2ccccc2-c2noc(=O)[nH]2)cc1. The lowest BCUT2D eigenvalue weighted by Crippen LogP contribution is -2.30. The van der Waals surface area contributed by atoms with E-state index in [-0.39, 0.29) is 12.0 Å². The summed E-state index contributed by atoms with van der Waals surface area (Å²) in [7, 11) is 1.59. The highest BCUT2D eigenvalue weighted by atomic mass is 16.5. The predicted molar refractivity (Wildman–Crippen MR) is 156 cm³/mol. The Bertz CT molecular complexity index is 1800. The van der Waals surface area contributed by atoms with E-state index in [1.807, 2.05) is 69.3 Å². The van der Waals surface area contributed by atoms with E-state index in [1.165, 1.54) is 0 Å². The number of aromatic nitrogens is 6. The number of aryl methyl sites for hydroxylation is 2. The van der Waals surface area contributed by atoms with Gasteiger partial charge in [-0.2, -0.15) is 4.98 Å². The van der Waals surface area contributed by atoms with Gasteiger partial charge in [0, 0.05) is 30.4 Å². The molecule has 0 unspecified atom stereocenters. The Kier molecular flexibility index (Phi) is 8.30. The van der Waals surface area contributed by atoms with Crippen LogP contribution < -0.4 is 11.3 Å². The number of unbranched alkanes of at least 4 members (excludes halogenated alkanes) is 1. The summed E-state index contributed by atoms with van der Waals surface area (Å²) >= 11 is 0. The molecule has 5 aromatic rings. The molecule has 0 saturated heterocycles. The van der Waals surface area contributed by atoms with Crippen LogP contribution in [-0.2, 0) is 29.7 Å². The molecule has 42 heavy (non-hydrogen) atoms. The highest BCUT2D eigenvalue weighted by Crippen LogP contribution is 2.30. The minimum Gasteiger partial charge on any atom is -0.371 e. The van der Waals surface area contributed by atoms with Gasteiger partial charge in [0.1, 0.15) is 11.4 Å². The molecule has 0 fully saturated rings. The first-order chi connectivity index (χ1) is 20.2. The summed E-state index contributed by atoms with van der Waals surface area (Å²) in [4.78, 5) is 37.4. The fourth-order valence-electron chi connectivity index (χ4n) is 4.72. The van der Waals surface area contributed by atoms with Crippen molar-refractivity contribution in [2.24, 2.45) is 0 Å². The summed E-state index contributed by atoms with van der Waals surface area (Å²) in [6, 6.07) is 15.6. The first kappa shape index (κ1) is 28.9. The summed E-state index contributed by atoms with van der Waals surface area (Å²) < 4.78 is 17.4. The standard InChI is InChI=1S/C31H34N6O5/c1-6-7-12-25-32-19(2)24(17-26-33-29(36-41-26)31(3,4)40-5)28(38)37(25)18-20-13-15-21(16-14-20)22-10-8-9-11-23(22)27-34-30(39)42-35-27/h8-11,13-16H,6-7,12,17-18H2,1-5H3,(H,34,35,39). The molecule has 0 radical (unpaired) electrons. The number of ether oxygens (including phenoxy) is 1. The number of rotatable bonds is 11. The van der Waals surface area contributed by atoms with Gasteiger partial charge in [0.25, 0.3) is 5.56 Å². The maximum absolute atomic E-state index is 13.9. The van der Waals surface area contributed by atoms with Crippen molar-refractivity contribution in [3.8, 4) is 22.5 Å². The molecule has 218 valence electrons. The van der Waals surface area contributed by atoms with Crippen molar-refractivity contribution < 1.29 is 13.8 Å². The third kappa shape index (κ3) is 6.01. The molecular weight excluding hydrogens is 536 g/mol. The summed E-state index contributed by atoms with van der Waals surface area (Å²) in [5.74, 6) is 1.26. The Hall–Kier alpha value is -4.64. The van der Waals surface area contributed by atoms with Crippen LogP contribution in [0.4, 0.5) is 0 Å². The maximum Gasteiger partial charge on any atom is 0.439 e. The monoisotopic (exact) mass is 570 g/mol. The van der Waals surface area contributed by atoms with Crippen LogP contribution >= 0.6 is 0 Å². The van der Waals surface area contributed by atoms with Crippen molar-refractivity contribution in [2.45, 2.75) is 65.5 Å². The molecule has 2 aromatic carbocycles. The van der Waals surface area contributed by atoms with Gasteiger partial charge < -0.3 is 9.26 Å². The van der Waals surface area contributed by atoms with Crippen molar-refractivity contribution in [3.05, 3.63) is 104 Å². The first-order valence-electron chi connectivity index (χ1n) is 13.9. The van der Waals surface area contributed by atoms with Crippen molar-refractivity contribution in [1.29, 1.82) is 0 Å². The average molecular weight is 571 g/mol. The van der Waals surface area contributed by atoms with Crippen LogP contribution in [0.25, 0.3) is 22.5 Å². The van der Waals surface area contributed by atoms with E-state index in [1.54, 1.807) is 11.7 Å². The van der Waals surface area contributed by atoms with Crippen LogP contribution in [0.3, 0.4) is 0 Å². The van der Waals surface area contributed by atoms with Crippen molar-refractivity contribution in [1.82, 2.24) is 29.8 Å². The smallest absolute Gasteiger partial charge is 0.371 e. The largest absolute Gasteiger partial charge is 0.439 e. The van der Waals surface area contributed by atoms with E-state index in [2.05, 4.69) is 27.2 Å². The zero-order valence-corrected chi connectivity index (χ0v) is 24.4. The highest BCUT2D eigenvalue weighted by Gasteiger charge is 2.27. The Morgan fingerprint density at radius 2 is 1.71 bits per heavy atom. The fourth-order valence-corrected chi connectivity index (χ4v) is 4.72. The number of hydrogen-bond acceptors (Lipinski definition) is 9. The van der Waals surface area contributed by atoms with Crippen LogP contribution in [0.5, 0.6) is 0 Å². The van der Waals surface area contributed by atoms with E-state index in [9.17, 15) is 9.59 Å². The lowest BCUT2D eigenvalue weighted by molar-refractivity contribution is 0.00973. The van der Waals surface area contributed by atoms with Crippen LogP contribution in [-0.4, -0.2) is 36.9 Å². The lowest BCUT2D eigenvalue weighted by Gasteiger charge is -2.17. The van der Waals surface area contributed by atoms with Crippen LogP contribution in [0, 0.1) is 6.92 Å². The van der Waals surface area contributed by atoms with E-state index in [0.29, 0.717) is 41.8 Å². The molecule has 0 spiro atoms. The summed E-state index contributed by atoms with van der Waals surface area (Å²) in [6.45, 7) is 8.03. The van der Waals surface area contributed by atoms with Gasteiger partial charge in [-0.1, -0.05) is 72.2 Å². The van der Waals surface area contributed by atoms with Crippen molar-refractivity contribution in [2.75, 3.05) is 7.11 Å². The zero-order chi connectivity index (χ0) is 29.9. The Morgan fingerprint density at radius 3 is 2.38 bits per heavy atom. The van der Waals surface area contributed by atoms with Gasteiger partial charge in [0.2, 0.25) is 11.7 Å². The van der Waals surface area contributed by atoms with Gasteiger partial charge >= 0.3 is 5.76 Å². The Balaban J connectivity index is 1.46. The quantitative estimate of drug-likeness (QED) is 0.237. The molecule has 0 amide bonds. The molecule has 0 bridgehead atoms. The maximum atomic E-state index is 13.9. The number of benzene rings is 2. The second kappa shape index (κ2) is 12.1. The zero-order valence-electron chi connectivity index (χ0n) is 24.4. The molecule has 0 aliphatic heterocycles. The summed E-state index contributed by atoms with van der Waals surface area (Å²) in [6.07, 6.45) is 2.78. The molecule has 1 N–H and O–H groups in total. The van der Waals surface area contributed by atoms with Crippen molar-refractivity contribution in [3.63, 3.8) is 0 Å². The van der Waals surface area contributed by atoms with Crippen molar-refractivity contribution >= 4 is 0 Å². The van der Waals surface area contributed by atoms with Gasteiger partial charge in [-0.05, 0) is 43.9 Å². The molecule has 11 nitrogen and oxygen atoms in total. The third-order valence-electron chi connectivity index (χ3n) is 7.38. The number of nitrogens with one attached hydrogen (secondary N) is 1. The van der Waals surface area contributed by atoms with Gasteiger partial charge in [-0.25, -0.2) is 9.78 Å². The minimum absolute atomic E-state index is 0.122. The van der Waals surface area contributed by atoms with Gasteiger partial charge in [-0.15, -0.1) is 0 Å². The normalized spacial score (nSPS) is 11.7. The van der Waals surface area contributed by atoms with Crippen LogP contribution in [0.15, 0.2) is 67.2 Å². The number of nitrogens with zero attached hydrogens (tertiary/aromatic N) is 5. The fraction of sp³-hybridized carbons (Fsp3) is 0.355. The van der Waals surface area contributed by atoms with Gasteiger partial charge in [0.15, 0.2) is 5.82 Å². The average Bonchev–Trinajstić information content (AvgIpc) is 3.66. The lowest BCUT2D eigenvalue weighted by atomic mass is 9.98. The Morgan fingerprint density at radius 1 is 0.976 bits per heavy atom. The van der Waals surface area contributed by atoms with Gasteiger partial charge in [0.05, 0.1) is 13.0 Å². The minimum atomic E-state index is -0.710. The molecule has 0 aliphatic rings. The molecule has 11 heteroatoms. The van der Waals surface area contributed by atoms with Crippen LogP contribution in [0.2, 0.25) is 0 Å². The van der Waals surface area contributed by atoms with E-state index < -0.39 is 11.4 Å². The van der Waals surface area contributed by atoms with E-state index in [0.717, 1.165) is 40.9 Å². The molecule has 0 aliphatic carbocycles. The second-order valence-electron chi connectivity index (χ2n) is 10.7. The van der Waals surface area contributed by atoms with E-state index in [4.69, 9.17) is 18.8 Å². The number of H-pyrrole nitrogens is 1. The first-order valence-corrected chi connectivity index (χ1v) is 13.9. The molecule has 0 saturated carbocycles. The molecule has 5 rings (SSSR count). The van der Waals surface area contributed by atoms with Crippen LogP contribution in [0.1, 0.15) is 68.0 Å². The molecule has 0 atom stereocenters. The molecular formula is C31H34N6O5. The third-order valence-corrected chi connectivity index (χ3v) is 7.38. The number of hydrogen-bond donors (Lipinski definition) is 1. The summed E-state index contributed by atoms with van der Waals surface area (Å²) in [5.41, 5.74) is 3.87. The number of methoxy groups -OCH3 is 1.